The van der Waals surface area contributed by atoms with E-state index >= 15 is 0 Å². The van der Waals surface area contributed by atoms with Crippen molar-refractivity contribution < 1.29 is 0 Å². The number of hydrogen-bond donors (Lipinski definition) is 1. The van der Waals surface area contributed by atoms with E-state index < -0.39 is 0 Å². The first-order valence-electron chi connectivity index (χ1n) is 3.06. The summed E-state index contributed by atoms with van der Waals surface area (Å²) in [6.45, 7) is 0. The highest BCUT2D eigenvalue weighted by atomic mass is 15.2. The van der Waals surface area contributed by atoms with Gasteiger partial charge in [0.15, 0.2) is 0 Å². The minimum atomic E-state index is 0.544. The molecule has 0 saturated carbocycles. The molecule has 0 fully saturated rings. The maximum absolute atomic E-state index is 5.60. The van der Waals surface area contributed by atoms with Crippen molar-refractivity contribution in [3.8, 4) is 11.4 Å². The van der Waals surface area contributed by atoms with E-state index in [0.717, 1.165) is 0 Å². The predicted octanol–water partition coefficient (Wildman–Crippen LogP) is -0.0464. The highest BCUT2D eigenvalue weighted by molar-refractivity contribution is 5.68. The number of nitrogens with two attached hydrogens (primary N) is 1. The number of aromatic nitrogens is 4. The van der Waals surface area contributed by atoms with Crippen LogP contribution in [-0.2, 0) is 0 Å². The number of rotatable bonds is 0. The zero-order chi connectivity index (χ0) is 7.68. The smallest absolute Gasteiger partial charge is 0.138 e. The quantitative estimate of drug-likeness (QED) is 0.565. The molecule has 0 saturated heterocycles. The van der Waals surface area contributed by atoms with Gasteiger partial charge in [0.25, 0.3) is 0 Å². The lowest BCUT2D eigenvalue weighted by atomic mass is 10.3. The molecule has 0 aromatic heterocycles. The summed E-state index contributed by atoms with van der Waals surface area (Å²) in [4.78, 5) is 0. The van der Waals surface area contributed by atoms with E-state index in [1.54, 1.807) is 6.07 Å². The molecule has 0 unspecified atom stereocenters. The Labute approximate surface area is 62.6 Å². The molecule has 0 aliphatic carbocycles. The Morgan fingerprint density at radius 3 is 3.00 bits per heavy atom. The maximum Gasteiger partial charge on any atom is 0.138 e. The van der Waals surface area contributed by atoms with Crippen molar-refractivity contribution in [1.82, 2.24) is 20.4 Å². The van der Waals surface area contributed by atoms with Crippen LogP contribution in [0.2, 0.25) is 0 Å². The first-order valence-corrected chi connectivity index (χ1v) is 3.06. The minimum Gasteiger partial charge on any atom is -0.397 e. The fraction of sp³-hybridized carbons (Fsp3) is 0. The Hall–Kier alpha value is -1.78. The van der Waals surface area contributed by atoms with E-state index in [1.165, 1.54) is 12.4 Å². The molecule has 0 spiro atoms. The predicted molar refractivity (Wildman–Crippen MR) is 38.7 cm³/mol. The van der Waals surface area contributed by atoms with Crippen LogP contribution in [-0.4, -0.2) is 20.4 Å². The third kappa shape index (κ3) is 0.861. The second-order valence-electron chi connectivity index (χ2n) is 2.06. The molecule has 2 aliphatic heterocycles. The number of nitrogen functional groups attached to an aromatic ring is 1. The Morgan fingerprint density at radius 2 is 2.09 bits per heavy atom. The number of anilines is 1. The molecule has 0 aromatic rings. The van der Waals surface area contributed by atoms with Gasteiger partial charge in [0, 0.05) is 0 Å². The standard InChI is InChI=1S/C6H5N5/c7-4-1-2-8-10-5-3-9-11-6(4)5/h1-3H,7H2. The van der Waals surface area contributed by atoms with E-state index in [1.807, 2.05) is 0 Å². The van der Waals surface area contributed by atoms with Gasteiger partial charge in [-0.05, 0) is 6.07 Å². The summed E-state index contributed by atoms with van der Waals surface area (Å²) < 4.78 is 0. The van der Waals surface area contributed by atoms with Crippen molar-refractivity contribution in [2.24, 2.45) is 0 Å². The normalized spacial score (nSPS) is 10.2. The summed E-state index contributed by atoms with van der Waals surface area (Å²) >= 11 is 0. The molecule has 2 heterocycles. The third-order valence-electron chi connectivity index (χ3n) is 1.34. The Bertz CT molecular complexity index is 347. The highest BCUT2D eigenvalue weighted by Gasteiger charge is 2.07. The van der Waals surface area contributed by atoms with Gasteiger partial charge in [0.1, 0.15) is 11.4 Å². The van der Waals surface area contributed by atoms with Gasteiger partial charge in [0.2, 0.25) is 0 Å². The molecule has 0 bridgehead atoms. The number of fused-ring (bicyclic) bond motifs is 1. The second-order valence-corrected chi connectivity index (χ2v) is 2.06. The van der Waals surface area contributed by atoms with Gasteiger partial charge in [-0.2, -0.15) is 10.2 Å². The third-order valence-corrected chi connectivity index (χ3v) is 1.34. The molecule has 0 radical (unpaired) electrons. The molecular formula is C6H5N5. The van der Waals surface area contributed by atoms with Gasteiger partial charge in [0.05, 0.1) is 18.1 Å². The van der Waals surface area contributed by atoms with Crippen molar-refractivity contribution in [1.29, 1.82) is 0 Å². The van der Waals surface area contributed by atoms with Gasteiger partial charge in [-0.25, -0.2) is 0 Å². The van der Waals surface area contributed by atoms with Crippen LogP contribution >= 0.6 is 0 Å². The van der Waals surface area contributed by atoms with Gasteiger partial charge in [-0.3, -0.25) is 0 Å². The fourth-order valence-electron chi connectivity index (χ4n) is 0.821. The lowest BCUT2D eigenvalue weighted by Gasteiger charge is -1.87. The van der Waals surface area contributed by atoms with Gasteiger partial charge in [-0.15, -0.1) is 10.2 Å². The molecule has 0 amide bonds. The topological polar surface area (TPSA) is 77.6 Å². The van der Waals surface area contributed by atoms with Crippen LogP contribution in [0.25, 0.3) is 11.4 Å². The molecule has 11 heavy (non-hydrogen) atoms. The van der Waals surface area contributed by atoms with Crippen molar-refractivity contribution in [3.63, 3.8) is 0 Å². The largest absolute Gasteiger partial charge is 0.397 e. The summed E-state index contributed by atoms with van der Waals surface area (Å²) in [5.41, 5.74) is 7.36. The van der Waals surface area contributed by atoms with Gasteiger partial charge >= 0.3 is 0 Å². The Balaban J connectivity index is 2.78. The molecule has 5 heteroatoms. The van der Waals surface area contributed by atoms with Crippen LogP contribution in [0.4, 0.5) is 5.69 Å². The lowest BCUT2D eigenvalue weighted by molar-refractivity contribution is 1.06. The zero-order valence-corrected chi connectivity index (χ0v) is 5.60. The summed E-state index contributed by atoms with van der Waals surface area (Å²) in [5, 5.41) is 14.9. The monoisotopic (exact) mass is 147 g/mol. The summed E-state index contributed by atoms with van der Waals surface area (Å²) in [6.07, 6.45) is 3.05. The average Bonchev–Trinajstić information content (AvgIpc) is 2.40. The van der Waals surface area contributed by atoms with Gasteiger partial charge in [-0.1, -0.05) is 0 Å². The Kier molecular flexibility index (Phi) is 1.15. The van der Waals surface area contributed by atoms with E-state index in [-0.39, 0.29) is 0 Å². The van der Waals surface area contributed by atoms with Gasteiger partial charge < -0.3 is 5.73 Å². The van der Waals surface area contributed by atoms with Crippen molar-refractivity contribution in [2.75, 3.05) is 5.73 Å². The van der Waals surface area contributed by atoms with Crippen molar-refractivity contribution in [2.45, 2.75) is 0 Å². The number of hydrogen-bond acceptors (Lipinski definition) is 5. The van der Waals surface area contributed by atoms with E-state index in [9.17, 15) is 0 Å². The van der Waals surface area contributed by atoms with E-state index in [4.69, 9.17) is 5.73 Å². The first-order chi connectivity index (χ1) is 5.38. The molecule has 5 nitrogen and oxygen atoms in total. The van der Waals surface area contributed by atoms with Crippen LogP contribution in [0.5, 0.6) is 0 Å². The average molecular weight is 147 g/mol. The molecule has 2 aliphatic rings. The molecule has 0 atom stereocenters. The first kappa shape index (κ1) is 5.96. The van der Waals surface area contributed by atoms with E-state index in [2.05, 4.69) is 20.4 Å². The van der Waals surface area contributed by atoms with Crippen molar-refractivity contribution in [3.05, 3.63) is 18.5 Å². The molecule has 0 aromatic carbocycles. The van der Waals surface area contributed by atoms with Crippen LogP contribution in [0.3, 0.4) is 0 Å². The second kappa shape index (κ2) is 2.12. The lowest BCUT2D eigenvalue weighted by Crippen LogP contribution is -1.86. The minimum absolute atomic E-state index is 0.544. The SMILES string of the molecule is Nc1ccnnc2cnnc1-2. The number of nitrogens with zero attached hydrogens (tertiary/aromatic N) is 4. The summed E-state index contributed by atoms with van der Waals surface area (Å²) in [5.74, 6) is 0. The van der Waals surface area contributed by atoms with Crippen LogP contribution < -0.4 is 5.73 Å². The summed E-state index contributed by atoms with van der Waals surface area (Å²) in [7, 11) is 0. The highest BCUT2D eigenvalue weighted by Crippen LogP contribution is 2.18. The Morgan fingerprint density at radius 1 is 1.18 bits per heavy atom. The van der Waals surface area contributed by atoms with E-state index in [0.29, 0.717) is 17.1 Å². The zero-order valence-electron chi connectivity index (χ0n) is 5.60. The maximum atomic E-state index is 5.60. The molecule has 54 valence electrons. The van der Waals surface area contributed by atoms with Crippen LogP contribution in [0.15, 0.2) is 18.5 Å². The molecule has 2 rings (SSSR count). The van der Waals surface area contributed by atoms with Crippen molar-refractivity contribution >= 4 is 5.69 Å². The fourth-order valence-corrected chi connectivity index (χ4v) is 0.821. The van der Waals surface area contributed by atoms with Crippen LogP contribution in [0.1, 0.15) is 0 Å². The molecule has 2 N–H and O–H groups in total. The summed E-state index contributed by atoms with van der Waals surface area (Å²) in [6, 6.07) is 1.64. The van der Waals surface area contributed by atoms with Crippen LogP contribution in [0, 0.1) is 0 Å². The molecular weight excluding hydrogens is 142 g/mol.